The normalized spacial score (nSPS) is 15.8. The average Bonchev–Trinajstić information content (AvgIpc) is 2.60. The molecule has 4 nitrogen and oxygen atoms in total. The number of aryl methyl sites for hydroxylation is 2. The van der Waals surface area contributed by atoms with Crippen molar-refractivity contribution in [1.29, 1.82) is 0 Å². The van der Waals surface area contributed by atoms with E-state index in [-0.39, 0.29) is 5.97 Å². The summed E-state index contributed by atoms with van der Waals surface area (Å²) >= 11 is 0. The minimum Gasteiger partial charge on any atom is -0.458 e. The van der Waals surface area contributed by atoms with Crippen LogP contribution in [0.3, 0.4) is 0 Å². The van der Waals surface area contributed by atoms with Crippen LogP contribution >= 0.6 is 0 Å². The van der Waals surface area contributed by atoms with Crippen molar-refractivity contribution >= 4 is 11.5 Å². The Hall–Kier alpha value is -1.58. The van der Waals surface area contributed by atoms with E-state index in [1.165, 1.54) is 6.08 Å². The fourth-order valence-electron chi connectivity index (χ4n) is 1.46. The highest BCUT2D eigenvalue weighted by Crippen LogP contribution is 2.25. The van der Waals surface area contributed by atoms with Crippen LogP contribution in [0.15, 0.2) is 10.6 Å². The van der Waals surface area contributed by atoms with Gasteiger partial charge in [-0.25, -0.2) is 4.79 Å². The molecule has 1 aliphatic rings. The van der Waals surface area contributed by atoms with Gasteiger partial charge < -0.3 is 9.26 Å². The van der Waals surface area contributed by atoms with Gasteiger partial charge in [0.25, 0.3) is 0 Å². The standard InChI is InChI=1S/C9H9NO3/c1-5-9(6(2)13-10-5)7-3-8(11)12-4-7/h3H,4H2,1-2H3. The Labute approximate surface area is 75.2 Å². The molecule has 0 fully saturated rings. The summed E-state index contributed by atoms with van der Waals surface area (Å²) in [5.41, 5.74) is 2.54. The number of esters is 1. The second-order valence-corrected chi connectivity index (χ2v) is 2.98. The van der Waals surface area contributed by atoms with Gasteiger partial charge >= 0.3 is 5.97 Å². The summed E-state index contributed by atoms with van der Waals surface area (Å²) in [7, 11) is 0. The fraction of sp³-hybridized carbons (Fsp3) is 0.333. The molecule has 0 saturated carbocycles. The van der Waals surface area contributed by atoms with E-state index in [4.69, 9.17) is 9.26 Å². The molecule has 0 aliphatic carbocycles. The SMILES string of the molecule is Cc1noc(C)c1C1=CC(=O)OC1. The highest BCUT2D eigenvalue weighted by atomic mass is 16.5. The summed E-state index contributed by atoms with van der Waals surface area (Å²) in [6, 6.07) is 0. The predicted octanol–water partition coefficient (Wildman–Crippen LogP) is 1.23. The first kappa shape index (κ1) is 8.04. The third-order valence-electron chi connectivity index (χ3n) is 2.02. The van der Waals surface area contributed by atoms with Gasteiger partial charge in [-0.1, -0.05) is 5.16 Å². The van der Waals surface area contributed by atoms with Crippen molar-refractivity contribution in [3.8, 4) is 0 Å². The third kappa shape index (κ3) is 1.24. The first-order chi connectivity index (χ1) is 6.18. The lowest BCUT2D eigenvalue weighted by Gasteiger charge is -1.97. The van der Waals surface area contributed by atoms with Gasteiger partial charge in [0.15, 0.2) is 0 Å². The molecule has 1 aromatic heterocycles. The lowest BCUT2D eigenvalue weighted by molar-refractivity contribution is -0.134. The molecule has 2 rings (SSSR count). The van der Waals surface area contributed by atoms with Gasteiger partial charge in [0.1, 0.15) is 12.4 Å². The fourth-order valence-corrected chi connectivity index (χ4v) is 1.46. The second kappa shape index (κ2) is 2.73. The molecule has 0 saturated heterocycles. The van der Waals surface area contributed by atoms with Crippen LogP contribution in [0.25, 0.3) is 5.57 Å². The van der Waals surface area contributed by atoms with Gasteiger partial charge in [0, 0.05) is 17.2 Å². The zero-order valence-electron chi connectivity index (χ0n) is 7.46. The monoisotopic (exact) mass is 179 g/mol. The molecule has 0 spiro atoms. The molecular weight excluding hydrogens is 170 g/mol. The Balaban J connectivity index is 2.46. The van der Waals surface area contributed by atoms with Gasteiger partial charge in [-0.3, -0.25) is 0 Å². The maximum Gasteiger partial charge on any atom is 0.331 e. The number of ether oxygens (including phenoxy) is 1. The molecule has 0 radical (unpaired) electrons. The van der Waals surface area contributed by atoms with Gasteiger partial charge in [0.2, 0.25) is 0 Å². The molecule has 0 amide bonds. The van der Waals surface area contributed by atoms with Crippen molar-refractivity contribution in [2.45, 2.75) is 13.8 Å². The zero-order valence-corrected chi connectivity index (χ0v) is 7.46. The molecule has 0 N–H and O–H groups in total. The summed E-state index contributed by atoms with van der Waals surface area (Å²) in [6.07, 6.45) is 1.48. The molecule has 4 heteroatoms. The quantitative estimate of drug-likeness (QED) is 0.608. The number of hydrogen-bond acceptors (Lipinski definition) is 4. The third-order valence-corrected chi connectivity index (χ3v) is 2.02. The molecule has 13 heavy (non-hydrogen) atoms. The van der Waals surface area contributed by atoms with Crippen molar-refractivity contribution in [2.24, 2.45) is 0 Å². The largest absolute Gasteiger partial charge is 0.458 e. The van der Waals surface area contributed by atoms with Crippen molar-refractivity contribution < 1.29 is 14.1 Å². The lowest BCUT2D eigenvalue weighted by Crippen LogP contribution is -1.92. The van der Waals surface area contributed by atoms with Crippen LogP contribution in [0.1, 0.15) is 17.0 Å². The molecular formula is C9H9NO3. The van der Waals surface area contributed by atoms with Gasteiger partial charge in [-0.2, -0.15) is 0 Å². The average molecular weight is 179 g/mol. The second-order valence-electron chi connectivity index (χ2n) is 2.98. The molecule has 0 unspecified atom stereocenters. The molecule has 0 aromatic carbocycles. The van der Waals surface area contributed by atoms with Crippen molar-refractivity contribution in [3.05, 3.63) is 23.1 Å². The van der Waals surface area contributed by atoms with E-state index in [0.717, 1.165) is 22.6 Å². The maximum atomic E-state index is 10.8. The number of hydrogen-bond donors (Lipinski definition) is 0. The van der Waals surface area contributed by atoms with Crippen LogP contribution in [-0.2, 0) is 9.53 Å². The highest BCUT2D eigenvalue weighted by Gasteiger charge is 2.20. The topological polar surface area (TPSA) is 52.3 Å². The van der Waals surface area contributed by atoms with Gasteiger partial charge in [0.05, 0.1) is 5.69 Å². The minimum atomic E-state index is -0.296. The van der Waals surface area contributed by atoms with E-state index in [1.54, 1.807) is 0 Å². The number of rotatable bonds is 1. The van der Waals surface area contributed by atoms with E-state index < -0.39 is 0 Å². The first-order valence-corrected chi connectivity index (χ1v) is 3.99. The van der Waals surface area contributed by atoms with E-state index in [2.05, 4.69) is 5.16 Å². The summed E-state index contributed by atoms with van der Waals surface area (Å²) in [5, 5.41) is 3.80. The summed E-state index contributed by atoms with van der Waals surface area (Å²) < 4.78 is 9.78. The highest BCUT2D eigenvalue weighted by molar-refractivity contribution is 5.96. The minimum absolute atomic E-state index is 0.296. The van der Waals surface area contributed by atoms with Crippen LogP contribution in [0, 0.1) is 13.8 Å². The molecule has 0 atom stereocenters. The molecule has 2 heterocycles. The van der Waals surface area contributed by atoms with Crippen LogP contribution < -0.4 is 0 Å². The molecule has 68 valence electrons. The van der Waals surface area contributed by atoms with Crippen LogP contribution in [0.4, 0.5) is 0 Å². The molecule has 0 bridgehead atoms. The first-order valence-electron chi connectivity index (χ1n) is 3.99. The zero-order chi connectivity index (χ0) is 9.42. The Morgan fingerprint density at radius 1 is 1.46 bits per heavy atom. The van der Waals surface area contributed by atoms with Gasteiger partial charge in [-0.05, 0) is 13.8 Å². The van der Waals surface area contributed by atoms with Crippen LogP contribution in [-0.4, -0.2) is 17.7 Å². The number of nitrogens with zero attached hydrogens (tertiary/aromatic N) is 1. The Morgan fingerprint density at radius 3 is 2.69 bits per heavy atom. The Morgan fingerprint density at radius 2 is 2.23 bits per heavy atom. The maximum absolute atomic E-state index is 10.8. The number of carbonyl (C=O) groups excluding carboxylic acids is 1. The Bertz CT molecular complexity index is 370. The van der Waals surface area contributed by atoms with Crippen LogP contribution in [0.2, 0.25) is 0 Å². The number of carbonyl (C=O) groups is 1. The van der Waals surface area contributed by atoms with Crippen LogP contribution in [0.5, 0.6) is 0 Å². The number of aromatic nitrogens is 1. The van der Waals surface area contributed by atoms with E-state index in [0.29, 0.717) is 6.61 Å². The smallest absolute Gasteiger partial charge is 0.331 e. The molecule has 1 aromatic rings. The predicted molar refractivity (Wildman–Crippen MR) is 44.9 cm³/mol. The summed E-state index contributed by atoms with van der Waals surface area (Å²) in [5.74, 6) is 0.428. The lowest BCUT2D eigenvalue weighted by atomic mass is 10.1. The van der Waals surface area contributed by atoms with Gasteiger partial charge in [-0.15, -0.1) is 0 Å². The van der Waals surface area contributed by atoms with Crippen molar-refractivity contribution in [3.63, 3.8) is 0 Å². The molecule has 1 aliphatic heterocycles. The summed E-state index contributed by atoms with van der Waals surface area (Å²) in [6.45, 7) is 3.98. The number of cyclic esters (lactones) is 1. The van der Waals surface area contributed by atoms with Crippen molar-refractivity contribution in [2.75, 3.05) is 6.61 Å². The Kier molecular flexibility index (Phi) is 1.69. The summed E-state index contributed by atoms with van der Waals surface area (Å²) in [4.78, 5) is 10.8. The van der Waals surface area contributed by atoms with Crippen molar-refractivity contribution in [1.82, 2.24) is 5.16 Å². The van der Waals surface area contributed by atoms with E-state index >= 15 is 0 Å². The van der Waals surface area contributed by atoms with E-state index in [9.17, 15) is 4.79 Å². The van der Waals surface area contributed by atoms with E-state index in [1.807, 2.05) is 13.8 Å².